The first-order valence-corrected chi connectivity index (χ1v) is 7.06. The number of allylic oxidation sites excluding steroid dienone is 1. The minimum atomic E-state index is -0.655. The molecule has 0 saturated carbocycles. The molecule has 0 radical (unpaired) electrons. The molecule has 0 unspecified atom stereocenters. The van der Waals surface area contributed by atoms with Crippen LogP contribution in [-0.4, -0.2) is 32.5 Å². The number of carbonyl (C=O) groups is 2. The standard InChI is InChI=1S/C17H22N2O3/c1-5-19-11-14(17(21)22-4)16(20)9-7-13-6-8-15(18-3)12(2)10-13/h6-11,18-19H,5H2,1-4H3. The van der Waals surface area contributed by atoms with E-state index in [1.165, 1.54) is 19.4 Å². The van der Waals surface area contributed by atoms with Crippen molar-refractivity contribution < 1.29 is 14.3 Å². The molecule has 0 aliphatic heterocycles. The van der Waals surface area contributed by atoms with Gasteiger partial charge in [-0.2, -0.15) is 0 Å². The number of carbonyl (C=O) groups excluding carboxylic acids is 2. The number of ether oxygens (including phenoxy) is 1. The molecule has 1 rings (SSSR count). The van der Waals surface area contributed by atoms with E-state index in [0.29, 0.717) is 6.54 Å². The van der Waals surface area contributed by atoms with Crippen LogP contribution in [0.1, 0.15) is 18.1 Å². The lowest BCUT2D eigenvalue weighted by atomic mass is 10.1. The lowest BCUT2D eigenvalue weighted by molar-refractivity contribution is -0.137. The first-order chi connectivity index (χ1) is 10.5. The Morgan fingerprint density at radius 1 is 1.32 bits per heavy atom. The normalized spacial score (nSPS) is 11.4. The fourth-order valence-corrected chi connectivity index (χ4v) is 1.88. The molecule has 118 valence electrons. The zero-order valence-electron chi connectivity index (χ0n) is 13.4. The van der Waals surface area contributed by atoms with Gasteiger partial charge in [-0.25, -0.2) is 4.79 Å². The van der Waals surface area contributed by atoms with Crippen molar-refractivity contribution in [2.45, 2.75) is 13.8 Å². The molecule has 0 spiro atoms. The Morgan fingerprint density at radius 3 is 2.59 bits per heavy atom. The molecule has 5 heteroatoms. The number of esters is 1. The third-order valence-electron chi connectivity index (χ3n) is 3.07. The smallest absolute Gasteiger partial charge is 0.343 e. The Balaban J connectivity index is 2.93. The summed E-state index contributed by atoms with van der Waals surface area (Å²) in [6.07, 6.45) is 4.43. The third kappa shape index (κ3) is 4.77. The summed E-state index contributed by atoms with van der Waals surface area (Å²) >= 11 is 0. The van der Waals surface area contributed by atoms with Crippen molar-refractivity contribution in [3.05, 3.63) is 47.2 Å². The van der Waals surface area contributed by atoms with Crippen LogP contribution in [0.5, 0.6) is 0 Å². The van der Waals surface area contributed by atoms with Crippen molar-refractivity contribution in [2.75, 3.05) is 26.0 Å². The summed E-state index contributed by atoms with van der Waals surface area (Å²) in [4.78, 5) is 23.7. The molecule has 1 aromatic rings. The zero-order valence-corrected chi connectivity index (χ0v) is 13.4. The number of hydrogen-bond acceptors (Lipinski definition) is 5. The molecule has 0 aliphatic rings. The maximum Gasteiger partial charge on any atom is 0.343 e. The summed E-state index contributed by atoms with van der Waals surface area (Å²) in [5.41, 5.74) is 2.97. The molecule has 0 bridgehead atoms. The highest BCUT2D eigenvalue weighted by atomic mass is 16.5. The Hall–Kier alpha value is -2.56. The highest BCUT2D eigenvalue weighted by molar-refractivity contribution is 6.22. The Kier molecular flexibility index (Phi) is 6.89. The van der Waals surface area contributed by atoms with Crippen LogP contribution in [0.25, 0.3) is 6.08 Å². The van der Waals surface area contributed by atoms with Gasteiger partial charge < -0.3 is 15.4 Å². The average Bonchev–Trinajstić information content (AvgIpc) is 2.53. The maximum absolute atomic E-state index is 12.1. The minimum Gasteiger partial charge on any atom is -0.465 e. The Labute approximate surface area is 131 Å². The van der Waals surface area contributed by atoms with Crippen LogP contribution in [0.15, 0.2) is 36.0 Å². The van der Waals surface area contributed by atoms with E-state index in [1.54, 1.807) is 6.08 Å². The molecule has 0 aliphatic carbocycles. The molecule has 0 heterocycles. The number of aryl methyl sites for hydroxylation is 1. The van der Waals surface area contributed by atoms with Crippen LogP contribution >= 0.6 is 0 Å². The highest BCUT2D eigenvalue weighted by Crippen LogP contribution is 2.16. The molecular formula is C17H22N2O3. The zero-order chi connectivity index (χ0) is 16.5. The van der Waals surface area contributed by atoms with E-state index < -0.39 is 11.8 Å². The number of benzene rings is 1. The molecule has 0 saturated heterocycles. The van der Waals surface area contributed by atoms with Crippen LogP contribution < -0.4 is 10.6 Å². The number of hydrogen-bond donors (Lipinski definition) is 2. The predicted octanol–water partition coefficient (Wildman–Crippen LogP) is 2.29. The molecule has 0 amide bonds. The summed E-state index contributed by atoms with van der Waals surface area (Å²) in [6.45, 7) is 4.47. The third-order valence-corrected chi connectivity index (χ3v) is 3.07. The largest absolute Gasteiger partial charge is 0.465 e. The predicted molar refractivity (Wildman–Crippen MR) is 88.5 cm³/mol. The van der Waals surface area contributed by atoms with E-state index in [4.69, 9.17) is 0 Å². The summed E-state index contributed by atoms with van der Waals surface area (Å²) in [5.74, 6) is -1.06. The number of rotatable bonds is 7. The second-order valence-electron chi connectivity index (χ2n) is 4.63. The van der Waals surface area contributed by atoms with Gasteiger partial charge in [-0.05, 0) is 43.2 Å². The monoisotopic (exact) mass is 302 g/mol. The second kappa shape index (κ2) is 8.67. The van der Waals surface area contributed by atoms with Crippen molar-refractivity contribution in [1.82, 2.24) is 5.32 Å². The molecule has 5 nitrogen and oxygen atoms in total. The lowest BCUT2D eigenvalue weighted by Gasteiger charge is -2.05. The quantitative estimate of drug-likeness (QED) is 0.350. The van der Waals surface area contributed by atoms with E-state index in [9.17, 15) is 9.59 Å². The van der Waals surface area contributed by atoms with Gasteiger partial charge in [0.25, 0.3) is 0 Å². The van der Waals surface area contributed by atoms with Crippen LogP contribution in [0, 0.1) is 6.92 Å². The van der Waals surface area contributed by atoms with Gasteiger partial charge >= 0.3 is 5.97 Å². The SMILES string of the molecule is CCNC=C(C(=O)C=Cc1ccc(NC)c(C)c1)C(=O)OC. The molecule has 1 aromatic carbocycles. The van der Waals surface area contributed by atoms with Gasteiger partial charge in [0.05, 0.1) is 7.11 Å². The van der Waals surface area contributed by atoms with Gasteiger partial charge in [-0.3, -0.25) is 4.79 Å². The average molecular weight is 302 g/mol. The van der Waals surface area contributed by atoms with Crippen LogP contribution in [0.2, 0.25) is 0 Å². The van der Waals surface area contributed by atoms with Crippen molar-refractivity contribution in [2.24, 2.45) is 0 Å². The van der Waals surface area contributed by atoms with Crippen LogP contribution in [0.4, 0.5) is 5.69 Å². The maximum atomic E-state index is 12.1. The summed E-state index contributed by atoms with van der Waals surface area (Å²) in [5, 5.41) is 5.92. The van der Waals surface area contributed by atoms with E-state index in [2.05, 4.69) is 15.4 Å². The van der Waals surface area contributed by atoms with Crippen LogP contribution in [0.3, 0.4) is 0 Å². The van der Waals surface area contributed by atoms with Gasteiger partial charge in [0.2, 0.25) is 0 Å². The number of anilines is 1. The fourth-order valence-electron chi connectivity index (χ4n) is 1.88. The van der Waals surface area contributed by atoms with Crippen molar-refractivity contribution >= 4 is 23.5 Å². The second-order valence-corrected chi connectivity index (χ2v) is 4.63. The summed E-state index contributed by atoms with van der Waals surface area (Å²) in [6, 6.07) is 5.80. The highest BCUT2D eigenvalue weighted by Gasteiger charge is 2.16. The first-order valence-electron chi connectivity index (χ1n) is 7.06. The van der Waals surface area contributed by atoms with E-state index in [1.807, 2.05) is 39.1 Å². The Morgan fingerprint density at radius 2 is 2.05 bits per heavy atom. The van der Waals surface area contributed by atoms with Crippen molar-refractivity contribution in [3.8, 4) is 0 Å². The number of ketones is 1. The summed E-state index contributed by atoms with van der Waals surface area (Å²) < 4.78 is 4.62. The van der Waals surface area contributed by atoms with E-state index in [0.717, 1.165) is 16.8 Å². The minimum absolute atomic E-state index is 0.0239. The first kappa shape index (κ1) is 17.5. The number of nitrogens with one attached hydrogen (secondary N) is 2. The van der Waals surface area contributed by atoms with Crippen molar-refractivity contribution in [1.29, 1.82) is 0 Å². The molecular weight excluding hydrogens is 280 g/mol. The van der Waals surface area contributed by atoms with Gasteiger partial charge in [0, 0.05) is 25.5 Å². The van der Waals surface area contributed by atoms with Gasteiger partial charge in [0.15, 0.2) is 5.78 Å². The lowest BCUT2D eigenvalue weighted by Crippen LogP contribution is -2.17. The topological polar surface area (TPSA) is 67.4 Å². The number of methoxy groups -OCH3 is 1. The van der Waals surface area contributed by atoms with E-state index >= 15 is 0 Å². The van der Waals surface area contributed by atoms with Gasteiger partial charge in [-0.1, -0.05) is 12.1 Å². The van der Waals surface area contributed by atoms with Gasteiger partial charge in [0.1, 0.15) is 5.57 Å². The van der Waals surface area contributed by atoms with E-state index in [-0.39, 0.29) is 5.57 Å². The van der Waals surface area contributed by atoms with Crippen molar-refractivity contribution in [3.63, 3.8) is 0 Å². The van der Waals surface area contributed by atoms with Gasteiger partial charge in [-0.15, -0.1) is 0 Å². The molecule has 0 aromatic heterocycles. The Bertz CT molecular complexity index is 604. The molecule has 22 heavy (non-hydrogen) atoms. The fraction of sp³-hybridized carbons (Fsp3) is 0.294. The van der Waals surface area contributed by atoms with Crippen LogP contribution in [-0.2, 0) is 14.3 Å². The molecule has 2 N–H and O–H groups in total. The molecule has 0 fully saturated rings. The molecule has 0 atom stereocenters. The summed E-state index contributed by atoms with van der Waals surface area (Å²) in [7, 11) is 3.11.